The third-order valence-corrected chi connectivity index (χ3v) is 5.69. The van der Waals surface area contributed by atoms with E-state index in [1.165, 1.54) is 13.0 Å². The number of aromatic carboxylic acids is 1. The molecule has 0 aromatic heterocycles. The van der Waals surface area contributed by atoms with E-state index in [9.17, 15) is 38.7 Å². The number of rotatable bonds is 15. The minimum atomic E-state index is -1.36. The molecule has 2 aromatic rings. The Bertz CT molecular complexity index is 1310. The highest BCUT2D eigenvalue weighted by Gasteiger charge is 2.24. The van der Waals surface area contributed by atoms with Crippen LogP contribution in [-0.2, 0) is 35.2 Å². The third kappa shape index (κ3) is 10.8. The van der Waals surface area contributed by atoms with E-state index in [0.717, 1.165) is 0 Å². The van der Waals surface area contributed by atoms with Crippen LogP contribution >= 0.6 is 0 Å². The summed E-state index contributed by atoms with van der Waals surface area (Å²) in [4.78, 5) is 82.2. The number of carboxylic acid groups (broad SMARTS) is 3. The predicted molar refractivity (Wildman–Crippen MR) is 143 cm³/mol. The van der Waals surface area contributed by atoms with Gasteiger partial charge in [0.1, 0.15) is 18.6 Å². The summed E-state index contributed by atoms with van der Waals surface area (Å²) in [5.41, 5.74) is 1.89. The Labute approximate surface area is 234 Å². The quantitative estimate of drug-likeness (QED) is 0.149. The maximum absolute atomic E-state index is 12.8. The van der Waals surface area contributed by atoms with Gasteiger partial charge in [0.25, 0.3) is 0 Å². The monoisotopic (exact) mass is 570 g/mol. The Balaban J connectivity index is 2.05. The van der Waals surface area contributed by atoms with Crippen molar-refractivity contribution in [3.8, 4) is 11.1 Å². The fraction of sp³-hybridized carbons (Fsp3) is 0.296. The molecule has 41 heavy (non-hydrogen) atoms. The molecule has 0 saturated heterocycles. The molecule has 218 valence electrons. The van der Waals surface area contributed by atoms with E-state index >= 15 is 0 Å². The van der Waals surface area contributed by atoms with Crippen molar-refractivity contribution in [1.29, 1.82) is 0 Å². The minimum absolute atomic E-state index is 0.0344. The third-order valence-electron chi connectivity index (χ3n) is 5.69. The van der Waals surface area contributed by atoms with Gasteiger partial charge in [0.2, 0.25) is 23.6 Å². The van der Waals surface area contributed by atoms with E-state index in [-0.39, 0.29) is 18.4 Å². The second kappa shape index (κ2) is 15.4. The molecule has 0 radical (unpaired) electrons. The number of hydrogen-bond acceptors (Lipinski definition) is 7. The number of carboxylic acids is 3. The molecular weight excluding hydrogens is 540 g/mol. The maximum Gasteiger partial charge on any atom is 0.336 e. The van der Waals surface area contributed by atoms with Crippen molar-refractivity contribution in [3.05, 3.63) is 59.7 Å². The summed E-state index contributed by atoms with van der Waals surface area (Å²) in [5.74, 6) is -6.62. The summed E-state index contributed by atoms with van der Waals surface area (Å²) in [7, 11) is 0. The molecule has 0 bridgehead atoms. The summed E-state index contributed by atoms with van der Waals surface area (Å²) < 4.78 is 0. The molecule has 14 heteroatoms. The van der Waals surface area contributed by atoms with Crippen LogP contribution in [0.4, 0.5) is 0 Å². The first kappa shape index (κ1) is 31.9. The van der Waals surface area contributed by atoms with E-state index in [2.05, 4.69) is 21.3 Å². The molecule has 0 aliphatic rings. The standard InChI is InChI=1S/C27H30N4O10/c1-15(32)30-21(12-16-6-8-17(9-7-16)18-4-2-3-5-19(18)27(40)41)26(39)28-13-22(33)31-20(10-11-23(34)35)25(38)29-14-24(36)37/h2-9,20-21H,10-14H2,1H3,(H,28,39)(H,29,38)(H,30,32)(H,31,33)(H,34,35)(H,36,37)(H,40,41). The lowest BCUT2D eigenvalue weighted by Crippen LogP contribution is -2.52. The SMILES string of the molecule is CC(=O)NC(Cc1ccc(-c2ccccc2C(=O)O)cc1)C(=O)NCC(=O)NC(CCC(=O)O)C(=O)NCC(=O)O. The van der Waals surface area contributed by atoms with Crippen LogP contribution in [0.15, 0.2) is 48.5 Å². The topological polar surface area (TPSA) is 228 Å². The van der Waals surface area contributed by atoms with Gasteiger partial charge in [-0.3, -0.25) is 28.8 Å². The molecule has 14 nitrogen and oxygen atoms in total. The summed E-state index contributed by atoms with van der Waals surface area (Å²) in [6, 6.07) is 10.7. The van der Waals surface area contributed by atoms with E-state index in [4.69, 9.17) is 10.2 Å². The van der Waals surface area contributed by atoms with Crippen LogP contribution in [0.2, 0.25) is 0 Å². The van der Waals surface area contributed by atoms with Gasteiger partial charge < -0.3 is 36.6 Å². The molecule has 0 aliphatic heterocycles. The van der Waals surface area contributed by atoms with Crippen molar-refractivity contribution < 1.29 is 48.9 Å². The molecule has 2 rings (SSSR count). The lowest BCUT2D eigenvalue weighted by atomic mass is 9.97. The number of carbonyl (C=O) groups is 7. The van der Waals surface area contributed by atoms with Crippen molar-refractivity contribution in [2.24, 2.45) is 0 Å². The zero-order chi connectivity index (χ0) is 30.5. The van der Waals surface area contributed by atoms with Gasteiger partial charge in [0.05, 0.1) is 12.1 Å². The molecule has 2 unspecified atom stereocenters. The zero-order valence-corrected chi connectivity index (χ0v) is 22.0. The lowest BCUT2D eigenvalue weighted by molar-refractivity contribution is -0.140. The molecule has 0 aliphatic carbocycles. The lowest BCUT2D eigenvalue weighted by Gasteiger charge is -2.20. The van der Waals surface area contributed by atoms with Gasteiger partial charge in [-0.25, -0.2) is 4.79 Å². The predicted octanol–water partition coefficient (Wildman–Crippen LogP) is -0.234. The number of hydrogen-bond donors (Lipinski definition) is 7. The van der Waals surface area contributed by atoms with Gasteiger partial charge in [-0.05, 0) is 29.2 Å². The Morgan fingerprint density at radius 1 is 0.732 bits per heavy atom. The second-order valence-electron chi connectivity index (χ2n) is 8.89. The van der Waals surface area contributed by atoms with Crippen LogP contribution in [-0.4, -0.2) is 82.0 Å². The zero-order valence-electron chi connectivity index (χ0n) is 22.0. The molecular formula is C27H30N4O10. The van der Waals surface area contributed by atoms with Gasteiger partial charge >= 0.3 is 17.9 Å². The number of nitrogens with one attached hydrogen (secondary N) is 4. The van der Waals surface area contributed by atoms with Crippen LogP contribution < -0.4 is 21.3 Å². The maximum atomic E-state index is 12.8. The summed E-state index contributed by atoms with van der Waals surface area (Å²) in [6.07, 6.45) is -0.766. The van der Waals surface area contributed by atoms with Crippen LogP contribution in [0, 0.1) is 0 Å². The molecule has 0 saturated carbocycles. The molecule has 0 spiro atoms. The van der Waals surface area contributed by atoms with E-state index < -0.39 is 73.1 Å². The number of amides is 4. The molecule has 2 atom stereocenters. The first-order valence-corrected chi connectivity index (χ1v) is 12.3. The van der Waals surface area contributed by atoms with Gasteiger partial charge in [-0.15, -0.1) is 0 Å². The van der Waals surface area contributed by atoms with Crippen LogP contribution in [0.1, 0.15) is 35.7 Å². The molecule has 2 aromatic carbocycles. The summed E-state index contributed by atoms with van der Waals surface area (Å²) in [6.45, 7) is -0.141. The normalized spacial score (nSPS) is 11.8. The first-order valence-electron chi connectivity index (χ1n) is 12.3. The van der Waals surface area contributed by atoms with E-state index in [0.29, 0.717) is 16.7 Å². The highest BCUT2D eigenvalue weighted by atomic mass is 16.4. The smallest absolute Gasteiger partial charge is 0.336 e. The largest absolute Gasteiger partial charge is 0.481 e. The van der Waals surface area contributed by atoms with Crippen molar-refractivity contribution in [3.63, 3.8) is 0 Å². The van der Waals surface area contributed by atoms with E-state index in [1.54, 1.807) is 42.5 Å². The van der Waals surface area contributed by atoms with E-state index in [1.807, 2.05) is 0 Å². The Morgan fingerprint density at radius 2 is 1.34 bits per heavy atom. The van der Waals surface area contributed by atoms with Gasteiger partial charge in [-0.2, -0.15) is 0 Å². The highest BCUT2D eigenvalue weighted by Crippen LogP contribution is 2.24. The van der Waals surface area contributed by atoms with Crippen molar-refractivity contribution in [2.45, 2.75) is 38.3 Å². The Morgan fingerprint density at radius 3 is 1.93 bits per heavy atom. The van der Waals surface area contributed by atoms with Crippen molar-refractivity contribution in [1.82, 2.24) is 21.3 Å². The average Bonchev–Trinajstić information content (AvgIpc) is 2.92. The van der Waals surface area contributed by atoms with Gasteiger partial charge in [-0.1, -0.05) is 42.5 Å². The number of carbonyl (C=O) groups excluding carboxylic acids is 4. The van der Waals surface area contributed by atoms with Crippen molar-refractivity contribution in [2.75, 3.05) is 13.1 Å². The highest BCUT2D eigenvalue weighted by molar-refractivity contribution is 5.96. The number of benzene rings is 2. The minimum Gasteiger partial charge on any atom is -0.481 e. The molecule has 4 amide bonds. The van der Waals surface area contributed by atoms with Gasteiger partial charge in [0.15, 0.2) is 0 Å². The van der Waals surface area contributed by atoms with Crippen LogP contribution in [0.5, 0.6) is 0 Å². The van der Waals surface area contributed by atoms with Gasteiger partial charge in [0, 0.05) is 19.8 Å². The fourth-order valence-electron chi connectivity index (χ4n) is 3.79. The molecule has 0 heterocycles. The molecule has 7 N–H and O–H groups in total. The summed E-state index contributed by atoms with van der Waals surface area (Å²) >= 11 is 0. The number of aliphatic carboxylic acids is 2. The Kier molecular flexibility index (Phi) is 12.0. The summed E-state index contributed by atoms with van der Waals surface area (Å²) in [5, 5.41) is 36.2. The first-order chi connectivity index (χ1) is 19.4. The molecule has 0 fully saturated rings. The Hall–Kier alpha value is -5.27. The fourth-order valence-corrected chi connectivity index (χ4v) is 3.79. The van der Waals surface area contributed by atoms with Crippen LogP contribution in [0.3, 0.4) is 0 Å². The average molecular weight is 571 g/mol. The second-order valence-corrected chi connectivity index (χ2v) is 8.89. The van der Waals surface area contributed by atoms with Crippen LogP contribution in [0.25, 0.3) is 11.1 Å². The van der Waals surface area contributed by atoms with Crippen molar-refractivity contribution >= 4 is 41.5 Å².